The van der Waals surface area contributed by atoms with Gasteiger partial charge in [-0.3, -0.25) is 4.79 Å². The highest BCUT2D eigenvalue weighted by atomic mass is 32.2. The molecule has 1 aromatic carbocycles. The molecule has 1 aliphatic heterocycles. The van der Waals surface area contributed by atoms with E-state index in [0.717, 1.165) is 39.0 Å². The van der Waals surface area contributed by atoms with Gasteiger partial charge in [-0.25, -0.2) is 0 Å². The van der Waals surface area contributed by atoms with Crippen molar-refractivity contribution in [2.24, 2.45) is 0 Å². The van der Waals surface area contributed by atoms with Crippen LogP contribution < -0.4 is 0 Å². The number of carbonyl (C=O) groups is 1. The quantitative estimate of drug-likeness (QED) is 0.687. The largest absolute Gasteiger partial charge is 0.381 e. The van der Waals surface area contributed by atoms with Crippen LogP contribution in [0.3, 0.4) is 0 Å². The number of aryl methyl sites for hydroxylation is 1. The smallest absolute Gasteiger partial charge is 0.233 e. The van der Waals surface area contributed by atoms with E-state index in [0.29, 0.717) is 5.75 Å². The van der Waals surface area contributed by atoms with Crippen molar-refractivity contribution < 1.29 is 9.53 Å². The van der Waals surface area contributed by atoms with Crippen molar-refractivity contribution in [2.45, 2.75) is 38.5 Å². The molecule has 21 heavy (non-hydrogen) atoms. The molecule has 1 unspecified atom stereocenters. The normalized spacial score (nSPS) is 18.5. The van der Waals surface area contributed by atoms with Crippen LogP contribution in [0.1, 0.15) is 43.2 Å². The minimum Gasteiger partial charge on any atom is -0.381 e. The zero-order valence-electron chi connectivity index (χ0n) is 13.0. The molecule has 1 atom stereocenters. The van der Waals surface area contributed by atoms with Crippen LogP contribution in [0.15, 0.2) is 24.3 Å². The van der Waals surface area contributed by atoms with Gasteiger partial charge in [0.15, 0.2) is 0 Å². The monoisotopic (exact) mass is 307 g/mol. The van der Waals surface area contributed by atoms with Gasteiger partial charge in [-0.15, -0.1) is 11.8 Å². The Morgan fingerprint density at radius 3 is 2.67 bits per heavy atom. The van der Waals surface area contributed by atoms with Gasteiger partial charge >= 0.3 is 0 Å². The fraction of sp³-hybridized carbons (Fsp3) is 0.588. The molecule has 1 aliphatic rings. The number of rotatable bonds is 8. The lowest BCUT2D eigenvalue weighted by atomic mass is 10.1. The highest BCUT2D eigenvalue weighted by Crippen LogP contribution is 2.38. The SMILES string of the molecule is CCCOCCCN1C(=O)CSC1c1ccc(CC)cc1. The Morgan fingerprint density at radius 2 is 2.00 bits per heavy atom. The molecule has 1 aromatic rings. The highest BCUT2D eigenvalue weighted by molar-refractivity contribution is 8.00. The van der Waals surface area contributed by atoms with Gasteiger partial charge in [0, 0.05) is 19.8 Å². The predicted octanol–water partition coefficient (Wildman–Crippen LogP) is 3.64. The Bertz CT molecular complexity index is 447. The minimum absolute atomic E-state index is 0.176. The van der Waals surface area contributed by atoms with E-state index in [1.807, 2.05) is 4.90 Å². The second-order valence-electron chi connectivity index (χ2n) is 5.31. The number of hydrogen-bond acceptors (Lipinski definition) is 3. The third-order valence-corrected chi connectivity index (χ3v) is 4.93. The molecule has 1 saturated heterocycles. The molecule has 0 aromatic heterocycles. The highest BCUT2D eigenvalue weighted by Gasteiger charge is 2.32. The molecule has 0 aliphatic carbocycles. The average Bonchev–Trinajstić information content (AvgIpc) is 2.88. The summed E-state index contributed by atoms with van der Waals surface area (Å²) in [7, 11) is 0. The Labute approximate surface area is 132 Å². The second-order valence-corrected chi connectivity index (χ2v) is 6.38. The van der Waals surface area contributed by atoms with E-state index in [-0.39, 0.29) is 11.3 Å². The zero-order valence-corrected chi connectivity index (χ0v) is 13.8. The van der Waals surface area contributed by atoms with E-state index in [1.165, 1.54) is 11.1 Å². The Kier molecular flexibility index (Phi) is 6.58. The van der Waals surface area contributed by atoms with E-state index in [1.54, 1.807) is 11.8 Å². The third kappa shape index (κ3) is 4.48. The molecule has 1 amide bonds. The van der Waals surface area contributed by atoms with Crippen LogP contribution in [0, 0.1) is 0 Å². The first-order valence-corrected chi connectivity index (χ1v) is 8.88. The molecule has 0 bridgehead atoms. The number of carbonyl (C=O) groups excluding carboxylic acids is 1. The lowest BCUT2D eigenvalue weighted by molar-refractivity contribution is -0.128. The van der Waals surface area contributed by atoms with Gasteiger partial charge in [0.1, 0.15) is 5.37 Å². The van der Waals surface area contributed by atoms with Gasteiger partial charge in [0.05, 0.1) is 5.75 Å². The number of thioether (sulfide) groups is 1. The van der Waals surface area contributed by atoms with E-state index in [9.17, 15) is 4.79 Å². The van der Waals surface area contributed by atoms with E-state index in [4.69, 9.17) is 4.74 Å². The first kappa shape index (κ1) is 16.4. The average molecular weight is 307 g/mol. The van der Waals surface area contributed by atoms with Crippen molar-refractivity contribution in [3.8, 4) is 0 Å². The summed E-state index contributed by atoms with van der Waals surface area (Å²) < 4.78 is 5.50. The van der Waals surface area contributed by atoms with E-state index in [2.05, 4.69) is 38.1 Å². The maximum atomic E-state index is 12.1. The summed E-state index contributed by atoms with van der Waals surface area (Å²) in [5.74, 6) is 0.843. The van der Waals surface area contributed by atoms with Crippen molar-refractivity contribution >= 4 is 17.7 Å². The number of ether oxygens (including phenoxy) is 1. The van der Waals surface area contributed by atoms with Crippen LogP contribution in [0.5, 0.6) is 0 Å². The summed E-state index contributed by atoms with van der Waals surface area (Å²) >= 11 is 1.73. The van der Waals surface area contributed by atoms with Gasteiger partial charge in [-0.1, -0.05) is 38.1 Å². The second kappa shape index (κ2) is 8.44. The standard InChI is InChI=1S/C17H25NO2S/c1-3-11-20-12-5-10-18-16(19)13-21-17(18)15-8-6-14(4-2)7-9-15/h6-9,17H,3-5,10-13H2,1-2H3. The maximum absolute atomic E-state index is 12.1. The Morgan fingerprint density at radius 1 is 1.24 bits per heavy atom. The van der Waals surface area contributed by atoms with Crippen LogP contribution in [0.25, 0.3) is 0 Å². The fourth-order valence-corrected chi connectivity index (χ4v) is 3.69. The summed E-state index contributed by atoms with van der Waals surface area (Å²) in [5, 5.41) is 0.176. The Balaban J connectivity index is 1.92. The van der Waals surface area contributed by atoms with Gasteiger partial charge in [0.25, 0.3) is 0 Å². The van der Waals surface area contributed by atoms with Crippen LogP contribution in [-0.2, 0) is 16.0 Å². The van der Waals surface area contributed by atoms with E-state index >= 15 is 0 Å². The van der Waals surface area contributed by atoms with Gasteiger partial charge < -0.3 is 9.64 Å². The van der Waals surface area contributed by atoms with E-state index < -0.39 is 0 Å². The van der Waals surface area contributed by atoms with Crippen molar-refractivity contribution in [1.82, 2.24) is 4.90 Å². The van der Waals surface area contributed by atoms with Crippen molar-refractivity contribution in [2.75, 3.05) is 25.5 Å². The molecule has 1 heterocycles. The number of nitrogens with zero attached hydrogens (tertiary/aromatic N) is 1. The first-order valence-electron chi connectivity index (χ1n) is 7.84. The maximum Gasteiger partial charge on any atom is 0.233 e. The van der Waals surface area contributed by atoms with Gasteiger partial charge in [-0.05, 0) is 30.4 Å². The molecule has 0 radical (unpaired) electrons. The van der Waals surface area contributed by atoms with Crippen LogP contribution in [0.2, 0.25) is 0 Å². The van der Waals surface area contributed by atoms with Gasteiger partial charge in [0.2, 0.25) is 5.91 Å². The molecule has 4 heteroatoms. The fourth-order valence-electron chi connectivity index (χ4n) is 2.47. The molecule has 116 valence electrons. The minimum atomic E-state index is 0.176. The molecule has 0 N–H and O–H groups in total. The van der Waals surface area contributed by atoms with Crippen molar-refractivity contribution in [3.63, 3.8) is 0 Å². The van der Waals surface area contributed by atoms with Crippen LogP contribution in [-0.4, -0.2) is 36.3 Å². The zero-order chi connectivity index (χ0) is 15.1. The lowest BCUT2D eigenvalue weighted by Gasteiger charge is -2.24. The number of hydrogen-bond donors (Lipinski definition) is 0. The van der Waals surface area contributed by atoms with Crippen LogP contribution in [0.4, 0.5) is 0 Å². The lowest BCUT2D eigenvalue weighted by Crippen LogP contribution is -2.29. The van der Waals surface area contributed by atoms with Crippen molar-refractivity contribution in [3.05, 3.63) is 35.4 Å². The third-order valence-electron chi connectivity index (χ3n) is 3.68. The van der Waals surface area contributed by atoms with Crippen LogP contribution >= 0.6 is 11.8 Å². The summed E-state index contributed by atoms with van der Waals surface area (Å²) in [6.07, 6.45) is 3.01. The van der Waals surface area contributed by atoms with Crippen molar-refractivity contribution in [1.29, 1.82) is 0 Å². The van der Waals surface area contributed by atoms with Gasteiger partial charge in [-0.2, -0.15) is 0 Å². The molecule has 3 nitrogen and oxygen atoms in total. The first-order chi connectivity index (χ1) is 10.3. The summed E-state index contributed by atoms with van der Waals surface area (Å²) in [6, 6.07) is 8.66. The summed E-state index contributed by atoms with van der Waals surface area (Å²) in [6.45, 7) is 6.60. The Hall–Kier alpha value is -1.00. The molecule has 0 spiro atoms. The number of amides is 1. The molecule has 1 fully saturated rings. The molecule has 2 rings (SSSR count). The molecular weight excluding hydrogens is 282 g/mol. The summed E-state index contributed by atoms with van der Waals surface area (Å²) in [4.78, 5) is 14.1. The topological polar surface area (TPSA) is 29.5 Å². The predicted molar refractivity (Wildman–Crippen MR) is 88.5 cm³/mol. The summed E-state index contributed by atoms with van der Waals surface area (Å²) in [5.41, 5.74) is 2.57. The molecule has 0 saturated carbocycles. The molecular formula is C17H25NO2S. The number of benzene rings is 1.